The maximum atomic E-state index is 6.97. The molecule has 0 aliphatic rings. The molecule has 11 rings (SSSR count). The van der Waals surface area contributed by atoms with Gasteiger partial charge in [0.15, 0.2) is 17.5 Å². The standard InChI is InChI=1S/C58H39N3O/c1-38-26-28-41(29-27-38)45-22-13-25-48(36-45)57-59-56(47-24-12-21-44(35-47)40-16-7-3-8-17-40)60-58(61-57)49-30-31-52-53(37-49)62-55-51(42-18-9-4-10-19-42)33-32-50(54(52)55)46-23-11-20-43(34-46)39-14-5-2-6-15-39/h2-37H,1H3. The largest absolute Gasteiger partial charge is 0.455 e. The molecular weight excluding hydrogens is 755 g/mol. The third-order valence-electron chi connectivity index (χ3n) is 11.6. The van der Waals surface area contributed by atoms with Crippen molar-refractivity contribution in [1.29, 1.82) is 0 Å². The normalized spacial score (nSPS) is 11.3. The number of hydrogen-bond donors (Lipinski definition) is 0. The molecular formula is C58H39N3O. The first-order valence-electron chi connectivity index (χ1n) is 20.9. The second kappa shape index (κ2) is 15.8. The van der Waals surface area contributed by atoms with E-state index in [9.17, 15) is 0 Å². The first-order chi connectivity index (χ1) is 30.6. The molecule has 0 unspecified atom stereocenters. The molecule has 0 saturated carbocycles. The summed E-state index contributed by atoms with van der Waals surface area (Å²) < 4.78 is 6.97. The Morgan fingerprint density at radius 3 is 1.26 bits per heavy atom. The van der Waals surface area contributed by atoms with Gasteiger partial charge in [0.05, 0.1) is 0 Å². The van der Waals surface area contributed by atoms with Crippen molar-refractivity contribution in [1.82, 2.24) is 15.0 Å². The number of rotatable bonds is 8. The Hall–Kier alpha value is -8.21. The van der Waals surface area contributed by atoms with E-state index in [0.29, 0.717) is 17.5 Å². The summed E-state index contributed by atoms with van der Waals surface area (Å²) >= 11 is 0. The Morgan fingerprint density at radius 2 is 0.710 bits per heavy atom. The van der Waals surface area contributed by atoms with Gasteiger partial charge >= 0.3 is 0 Å². The molecule has 0 fully saturated rings. The first kappa shape index (κ1) is 36.8. The van der Waals surface area contributed by atoms with E-state index in [1.165, 1.54) is 16.7 Å². The van der Waals surface area contributed by atoms with Crippen molar-refractivity contribution in [3.05, 3.63) is 224 Å². The Kier molecular flexibility index (Phi) is 9.36. The van der Waals surface area contributed by atoms with Gasteiger partial charge in [0.1, 0.15) is 11.2 Å². The molecule has 0 N–H and O–H groups in total. The van der Waals surface area contributed by atoms with E-state index in [2.05, 4.69) is 213 Å². The van der Waals surface area contributed by atoms with Crippen LogP contribution < -0.4 is 0 Å². The van der Waals surface area contributed by atoms with E-state index in [4.69, 9.17) is 19.4 Å². The van der Waals surface area contributed by atoms with Crippen LogP contribution in [0.3, 0.4) is 0 Å². The Labute approximate surface area is 360 Å². The molecule has 0 spiro atoms. The van der Waals surface area contributed by atoms with Crippen LogP contribution in [0.25, 0.3) is 112 Å². The van der Waals surface area contributed by atoms with E-state index < -0.39 is 0 Å². The van der Waals surface area contributed by atoms with Gasteiger partial charge in [-0.1, -0.05) is 188 Å². The van der Waals surface area contributed by atoms with Crippen LogP contribution in [0.2, 0.25) is 0 Å². The summed E-state index contributed by atoms with van der Waals surface area (Å²) in [4.78, 5) is 15.5. The zero-order valence-electron chi connectivity index (χ0n) is 34.0. The number of furan rings is 1. The molecule has 4 nitrogen and oxygen atoms in total. The second-order valence-corrected chi connectivity index (χ2v) is 15.7. The predicted molar refractivity (Wildman–Crippen MR) is 255 cm³/mol. The van der Waals surface area contributed by atoms with Crippen LogP contribution in [0.1, 0.15) is 5.56 Å². The van der Waals surface area contributed by atoms with E-state index in [1.54, 1.807) is 0 Å². The van der Waals surface area contributed by atoms with Crippen molar-refractivity contribution in [2.75, 3.05) is 0 Å². The number of fused-ring (bicyclic) bond motifs is 3. The van der Waals surface area contributed by atoms with Crippen molar-refractivity contribution in [3.63, 3.8) is 0 Å². The maximum Gasteiger partial charge on any atom is 0.164 e. The molecule has 0 atom stereocenters. The van der Waals surface area contributed by atoms with Crippen molar-refractivity contribution in [2.45, 2.75) is 6.92 Å². The van der Waals surface area contributed by atoms with E-state index >= 15 is 0 Å². The van der Waals surface area contributed by atoms with Crippen LogP contribution in [0.4, 0.5) is 0 Å². The van der Waals surface area contributed by atoms with Crippen molar-refractivity contribution < 1.29 is 4.42 Å². The minimum absolute atomic E-state index is 0.567. The van der Waals surface area contributed by atoms with E-state index in [1.807, 2.05) is 12.1 Å². The topological polar surface area (TPSA) is 51.8 Å². The molecule has 9 aromatic carbocycles. The summed E-state index contributed by atoms with van der Waals surface area (Å²) in [6.07, 6.45) is 0. The molecule has 0 saturated heterocycles. The van der Waals surface area contributed by atoms with Crippen molar-refractivity contribution >= 4 is 21.9 Å². The Morgan fingerprint density at radius 1 is 0.306 bits per heavy atom. The van der Waals surface area contributed by atoms with Gasteiger partial charge in [-0.2, -0.15) is 0 Å². The number of nitrogens with zero attached hydrogens (tertiary/aromatic N) is 3. The predicted octanol–water partition coefficient (Wildman–Crippen LogP) is 15.4. The Balaban J connectivity index is 1.09. The van der Waals surface area contributed by atoms with Gasteiger partial charge in [-0.15, -0.1) is 0 Å². The molecule has 2 heterocycles. The highest BCUT2D eigenvalue weighted by Gasteiger charge is 2.20. The molecule has 2 aromatic heterocycles. The molecule has 4 heteroatoms. The van der Waals surface area contributed by atoms with Gasteiger partial charge in [0, 0.05) is 33.0 Å². The average molecular weight is 794 g/mol. The lowest BCUT2D eigenvalue weighted by Crippen LogP contribution is -2.00. The van der Waals surface area contributed by atoms with Crippen LogP contribution in [0.15, 0.2) is 223 Å². The summed E-state index contributed by atoms with van der Waals surface area (Å²) in [5.74, 6) is 1.76. The van der Waals surface area contributed by atoms with Gasteiger partial charge in [-0.3, -0.25) is 0 Å². The molecule has 0 aliphatic carbocycles. The van der Waals surface area contributed by atoms with Crippen molar-refractivity contribution in [2.24, 2.45) is 0 Å². The summed E-state index contributed by atoms with van der Waals surface area (Å²) in [5.41, 5.74) is 16.7. The summed E-state index contributed by atoms with van der Waals surface area (Å²) in [6.45, 7) is 2.11. The fourth-order valence-corrected chi connectivity index (χ4v) is 8.42. The van der Waals surface area contributed by atoms with Crippen molar-refractivity contribution in [3.8, 4) is 89.8 Å². The number of hydrogen-bond acceptors (Lipinski definition) is 4. The molecule has 0 aliphatic heterocycles. The minimum atomic E-state index is 0.567. The Bertz CT molecular complexity index is 3390. The monoisotopic (exact) mass is 793 g/mol. The molecule has 11 aromatic rings. The summed E-state index contributed by atoms with van der Waals surface area (Å²) in [5, 5.41) is 2.10. The molecule has 0 radical (unpaired) electrons. The average Bonchev–Trinajstić information content (AvgIpc) is 3.74. The third-order valence-corrected chi connectivity index (χ3v) is 11.6. The smallest absolute Gasteiger partial charge is 0.164 e. The van der Waals surface area contributed by atoms with Gasteiger partial charge in [0.25, 0.3) is 0 Å². The fraction of sp³-hybridized carbons (Fsp3) is 0.0172. The van der Waals surface area contributed by atoms with E-state index in [-0.39, 0.29) is 0 Å². The number of benzene rings is 9. The number of aromatic nitrogens is 3. The van der Waals surface area contributed by atoms with Crippen LogP contribution >= 0.6 is 0 Å². The lowest BCUT2D eigenvalue weighted by Gasteiger charge is -2.11. The molecule has 0 amide bonds. The lowest BCUT2D eigenvalue weighted by molar-refractivity contribution is 0.670. The zero-order chi connectivity index (χ0) is 41.4. The highest BCUT2D eigenvalue weighted by Crippen LogP contribution is 2.43. The lowest BCUT2D eigenvalue weighted by atomic mass is 9.93. The van der Waals surface area contributed by atoms with Gasteiger partial charge < -0.3 is 4.42 Å². The highest BCUT2D eigenvalue weighted by molar-refractivity contribution is 6.16. The van der Waals surface area contributed by atoms with Crippen LogP contribution in [-0.4, -0.2) is 15.0 Å². The van der Waals surface area contributed by atoms with Crippen LogP contribution in [0, 0.1) is 6.92 Å². The first-order valence-corrected chi connectivity index (χ1v) is 20.9. The molecule has 62 heavy (non-hydrogen) atoms. The highest BCUT2D eigenvalue weighted by atomic mass is 16.3. The second-order valence-electron chi connectivity index (χ2n) is 15.7. The number of aryl methyl sites for hydroxylation is 1. The van der Waals surface area contributed by atoms with Gasteiger partial charge in [-0.25, -0.2) is 15.0 Å². The minimum Gasteiger partial charge on any atom is -0.455 e. The quantitative estimate of drug-likeness (QED) is 0.154. The summed E-state index contributed by atoms with van der Waals surface area (Å²) in [6, 6.07) is 76.4. The third kappa shape index (κ3) is 7.04. The van der Waals surface area contributed by atoms with E-state index in [0.717, 1.165) is 83.1 Å². The van der Waals surface area contributed by atoms with Gasteiger partial charge in [0.2, 0.25) is 0 Å². The summed E-state index contributed by atoms with van der Waals surface area (Å²) in [7, 11) is 0. The fourth-order valence-electron chi connectivity index (χ4n) is 8.42. The maximum absolute atomic E-state index is 6.97. The zero-order valence-corrected chi connectivity index (χ0v) is 34.0. The SMILES string of the molecule is Cc1ccc(-c2cccc(-c3nc(-c4cccc(-c5ccccc5)c4)nc(-c4ccc5c(c4)oc4c(-c6ccccc6)ccc(-c6cccc(-c7ccccc7)c6)c45)n3)c2)cc1. The van der Waals surface area contributed by atoms with Crippen LogP contribution in [-0.2, 0) is 0 Å². The molecule has 292 valence electrons. The van der Waals surface area contributed by atoms with Gasteiger partial charge in [-0.05, 0) is 93.4 Å². The van der Waals surface area contributed by atoms with Crippen LogP contribution in [0.5, 0.6) is 0 Å². The molecule has 0 bridgehead atoms.